The molecular formula is C18H40N4S4. The highest BCUT2D eigenvalue weighted by Gasteiger charge is 2.32. The molecule has 4 nitrogen and oxygen atoms in total. The van der Waals surface area contributed by atoms with Gasteiger partial charge in [0.05, 0.1) is 0 Å². The van der Waals surface area contributed by atoms with Gasteiger partial charge in [-0.1, -0.05) is 0 Å². The lowest BCUT2D eigenvalue weighted by molar-refractivity contribution is 0.0337. The van der Waals surface area contributed by atoms with Crippen LogP contribution in [-0.2, 0) is 0 Å². The number of nitrogens with two attached hydrogens (primary N) is 2. The Morgan fingerprint density at radius 2 is 1.12 bits per heavy atom. The predicted octanol–water partition coefficient (Wildman–Crippen LogP) is 2.23. The summed E-state index contributed by atoms with van der Waals surface area (Å²) in [5, 5.41) is 0. The van der Waals surface area contributed by atoms with Crippen LogP contribution in [0.15, 0.2) is 0 Å². The third-order valence-electron chi connectivity index (χ3n) is 4.80. The second-order valence-corrected chi connectivity index (χ2v) is 11.1. The van der Waals surface area contributed by atoms with Gasteiger partial charge in [-0.2, -0.15) is 47.0 Å². The Morgan fingerprint density at radius 1 is 0.692 bits per heavy atom. The molecule has 26 heavy (non-hydrogen) atoms. The zero-order chi connectivity index (χ0) is 19.0. The van der Waals surface area contributed by atoms with Crippen molar-refractivity contribution < 1.29 is 0 Å². The topological polar surface area (TPSA) is 58.5 Å². The van der Waals surface area contributed by atoms with Crippen molar-refractivity contribution in [1.82, 2.24) is 9.80 Å². The Bertz CT molecular complexity index is 296. The van der Waals surface area contributed by atoms with Gasteiger partial charge in [0.1, 0.15) is 0 Å². The Morgan fingerprint density at radius 3 is 1.46 bits per heavy atom. The maximum absolute atomic E-state index is 5.65. The Balaban J connectivity index is 2.61. The lowest BCUT2D eigenvalue weighted by atomic mass is 10.0. The SMILES string of the molecule is CSCCC1CN(CCSCCN)C(CCSC)CN1CCSCCN. The molecule has 1 aliphatic rings. The van der Waals surface area contributed by atoms with E-state index in [0.29, 0.717) is 12.1 Å². The van der Waals surface area contributed by atoms with Crippen molar-refractivity contribution in [1.29, 1.82) is 0 Å². The second-order valence-electron chi connectivity index (χ2n) is 6.66. The van der Waals surface area contributed by atoms with E-state index in [1.54, 1.807) is 0 Å². The molecule has 0 aromatic carbocycles. The first-order chi connectivity index (χ1) is 12.8. The quantitative estimate of drug-likeness (QED) is 0.354. The smallest absolute Gasteiger partial charge is 0.0232 e. The first-order valence-corrected chi connectivity index (χ1v) is 14.9. The lowest BCUT2D eigenvalue weighted by Gasteiger charge is -2.47. The van der Waals surface area contributed by atoms with Gasteiger partial charge in [-0.3, -0.25) is 9.80 Å². The predicted molar refractivity (Wildman–Crippen MR) is 129 cm³/mol. The molecule has 1 saturated heterocycles. The number of rotatable bonds is 16. The molecule has 0 aromatic heterocycles. The average molecular weight is 441 g/mol. The summed E-state index contributed by atoms with van der Waals surface area (Å²) in [4.78, 5) is 5.57. The van der Waals surface area contributed by atoms with Crippen LogP contribution in [0.1, 0.15) is 12.8 Å². The standard InChI is InChI=1S/C18H40N4S4/c1-23-9-3-17-15-22(8-14-26-12-6-20)18(4-10-24-2)16-21(17)7-13-25-11-5-19/h17-18H,3-16,19-20H2,1-2H3. The second kappa shape index (κ2) is 17.1. The third-order valence-corrected chi connectivity index (χ3v) is 8.08. The minimum Gasteiger partial charge on any atom is -0.330 e. The van der Waals surface area contributed by atoms with Crippen molar-refractivity contribution >= 4 is 47.0 Å². The molecule has 0 radical (unpaired) electrons. The summed E-state index contributed by atoms with van der Waals surface area (Å²) in [5.74, 6) is 7.14. The van der Waals surface area contributed by atoms with Gasteiger partial charge in [-0.05, 0) is 36.9 Å². The van der Waals surface area contributed by atoms with Crippen LogP contribution >= 0.6 is 47.0 Å². The fourth-order valence-electron chi connectivity index (χ4n) is 3.41. The van der Waals surface area contributed by atoms with Gasteiger partial charge in [0, 0.05) is 74.4 Å². The molecule has 1 aliphatic heterocycles. The first-order valence-electron chi connectivity index (χ1n) is 9.78. The van der Waals surface area contributed by atoms with Crippen LogP contribution in [0, 0.1) is 0 Å². The monoisotopic (exact) mass is 440 g/mol. The number of hydrogen-bond acceptors (Lipinski definition) is 8. The molecule has 2 unspecified atom stereocenters. The molecule has 156 valence electrons. The molecule has 8 heteroatoms. The van der Waals surface area contributed by atoms with Crippen molar-refractivity contribution in [3.63, 3.8) is 0 Å². The van der Waals surface area contributed by atoms with Crippen molar-refractivity contribution in [3.05, 3.63) is 0 Å². The minimum atomic E-state index is 0.714. The largest absolute Gasteiger partial charge is 0.330 e. The Hall–Kier alpha value is 1.24. The van der Waals surface area contributed by atoms with Crippen molar-refractivity contribution in [2.45, 2.75) is 24.9 Å². The Labute approximate surface area is 179 Å². The van der Waals surface area contributed by atoms with E-state index in [9.17, 15) is 0 Å². The van der Waals surface area contributed by atoms with E-state index in [1.165, 1.54) is 62.0 Å². The van der Waals surface area contributed by atoms with Gasteiger partial charge < -0.3 is 11.5 Å². The normalized spacial score (nSPS) is 22.2. The van der Waals surface area contributed by atoms with E-state index >= 15 is 0 Å². The van der Waals surface area contributed by atoms with Crippen LogP contribution in [0.2, 0.25) is 0 Å². The van der Waals surface area contributed by atoms with E-state index in [2.05, 4.69) is 22.3 Å². The first kappa shape index (κ1) is 25.3. The number of nitrogens with zero attached hydrogens (tertiary/aromatic N) is 2. The van der Waals surface area contributed by atoms with E-state index < -0.39 is 0 Å². The van der Waals surface area contributed by atoms with E-state index in [4.69, 9.17) is 11.5 Å². The molecule has 2 atom stereocenters. The van der Waals surface area contributed by atoms with Crippen LogP contribution in [-0.4, -0.2) is 108 Å². The lowest BCUT2D eigenvalue weighted by Crippen LogP contribution is -2.59. The van der Waals surface area contributed by atoms with Crippen LogP contribution in [0.25, 0.3) is 0 Å². The highest BCUT2D eigenvalue weighted by atomic mass is 32.2. The van der Waals surface area contributed by atoms with E-state index in [1.807, 2.05) is 47.0 Å². The molecule has 1 heterocycles. The molecule has 0 spiro atoms. The van der Waals surface area contributed by atoms with Crippen molar-refractivity contribution in [2.75, 3.05) is 86.3 Å². The van der Waals surface area contributed by atoms with Crippen LogP contribution in [0.3, 0.4) is 0 Å². The summed E-state index contributed by atoms with van der Waals surface area (Å²) in [6.45, 7) is 6.51. The highest BCUT2D eigenvalue weighted by molar-refractivity contribution is 7.99. The average Bonchev–Trinajstić information content (AvgIpc) is 2.66. The maximum Gasteiger partial charge on any atom is 0.0232 e. The minimum absolute atomic E-state index is 0.714. The molecule has 0 amide bonds. The van der Waals surface area contributed by atoms with Crippen LogP contribution in [0.5, 0.6) is 0 Å². The number of thioether (sulfide) groups is 4. The van der Waals surface area contributed by atoms with Gasteiger partial charge in [-0.25, -0.2) is 0 Å². The summed E-state index contributed by atoms with van der Waals surface area (Å²) >= 11 is 7.98. The molecule has 4 N–H and O–H groups in total. The molecule has 0 aromatic rings. The van der Waals surface area contributed by atoms with E-state index in [-0.39, 0.29) is 0 Å². The van der Waals surface area contributed by atoms with Gasteiger partial charge in [0.2, 0.25) is 0 Å². The maximum atomic E-state index is 5.65. The van der Waals surface area contributed by atoms with Gasteiger partial charge in [0.25, 0.3) is 0 Å². The molecule has 1 fully saturated rings. The molecule has 0 saturated carbocycles. The summed E-state index contributed by atoms with van der Waals surface area (Å²) in [5.41, 5.74) is 11.3. The van der Waals surface area contributed by atoms with Crippen molar-refractivity contribution in [3.8, 4) is 0 Å². The molecule has 0 aliphatic carbocycles. The third kappa shape index (κ3) is 10.7. The fourth-order valence-corrected chi connectivity index (χ4v) is 5.89. The fraction of sp³-hybridized carbons (Fsp3) is 1.00. The summed E-state index contributed by atoms with van der Waals surface area (Å²) in [6.07, 6.45) is 7.08. The summed E-state index contributed by atoms with van der Waals surface area (Å²) < 4.78 is 0. The number of hydrogen-bond donors (Lipinski definition) is 2. The number of piperazine rings is 1. The summed E-state index contributed by atoms with van der Waals surface area (Å²) in [7, 11) is 0. The highest BCUT2D eigenvalue weighted by Crippen LogP contribution is 2.23. The van der Waals surface area contributed by atoms with Crippen molar-refractivity contribution in [2.24, 2.45) is 11.5 Å². The molecule has 0 bridgehead atoms. The molecular weight excluding hydrogens is 400 g/mol. The Kier molecular flexibility index (Phi) is 16.7. The molecule has 1 rings (SSSR count). The van der Waals surface area contributed by atoms with Gasteiger partial charge in [-0.15, -0.1) is 0 Å². The van der Waals surface area contributed by atoms with E-state index in [0.717, 1.165) is 24.6 Å². The van der Waals surface area contributed by atoms with Crippen LogP contribution < -0.4 is 11.5 Å². The summed E-state index contributed by atoms with van der Waals surface area (Å²) in [6, 6.07) is 1.43. The zero-order valence-electron chi connectivity index (χ0n) is 16.7. The zero-order valence-corrected chi connectivity index (χ0v) is 20.0. The van der Waals surface area contributed by atoms with Gasteiger partial charge >= 0.3 is 0 Å². The van der Waals surface area contributed by atoms with Crippen LogP contribution in [0.4, 0.5) is 0 Å². The van der Waals surface area contributed by atoms with Gasteiger partial charge in [0.15, 0.2) is 0 Å².